The Bertz CT molecular complexity index is 719. The molecule has 0 N–H and O–H groups in total. The van der Waals surface area contributed by atoms with Crippen molar-refractivity contribution in [2.45, 2.75) is 17.6 Å². The van der Waals surface area contributed by atoms with Gasteiger partial charge >= 0.3 is 0 Å². The lowest BCUT2D eigenvalue weighted by Gasteiger charge is -2.01. The number of hydrogen-bond donors (Lipinski definition) is 0. The Kier molecular flexibility index (Phi) is 3.65. The molecule has 0 unspecified atom stereocenters. The number of pyridine rings is 1. The van der Waals surface area contributed by atoms with E-state index in [1.807, 2.05) is 24.4 Å². The molecule has 2 heterocycles. The Hall–Kier alpha value is -1.94. The molecule has 3 rings (SSSR count). The van der Waals surface area contributed by atoms with E-state index in [2.05, 4.69) is 40.7 Å². The van der Waals surface area contributed by atoms with Crippen molar-refractivity contribution in [1.82, 2.24) is 9.38 Å². The van der Waals surface area contributed by atoms with Crippen LogP contribution >= 0.6 is 11.8 Å². The van der Waals surface area contributed by atoms with Gasteiger partial charge in [0, 0.05) is 23.0 Å². The Morgan fingerprint density at radius 2 is 2.00 bits per heavy atom. The first-order chi connectivity index (χ1) is 9.76. The summed E-state index contributed by atoms with van der Waals surface area (Å²) in [5.41, 5.74) is 3.34. The van der Waals surface area contributed by atoms with Crippen LogP contribution in [0.1, 0.15) is 11.3 Å². The summed E-state index contributed by atoms with van der Waals surface area (Å²) in [5, 5.41) is 0. The lowest BCUT2D eigenvalue weighted by atomic mass is 10.3. The van der Waals surface area contributed by atoms with Gasteiger partial charge in [0.15, 0.2) is 0 Å². The van der Waals surface area contributed by atoms with Crippen molar-refractivity contribution < 1.29 is 4.74 Å². The minimum Gasteiger partial charge on any atom is -0.497 e. The first-order valence-corrected chi connectivity index (χ1v) is 7.45. The van der Waals surface area contributed by atoms with Crippen LogP contribution in [0.4, 0.5) is 0 Å². The maximum atomic E-state index is 5.16. The largest absolute Gasteiger partial charge is 0.497 e. The molecule has 0 aliphatic carbocycles. The molecule has 0 saturated heterocycles. The first-order valence-electron chi connectivity index (χ1n) is 6.46. The molecule has 102 valence electrons. The molecule has 0 saturated carbocycles. The second kappa shape index (κ2) is 5.59. The van der Waals surface area contributed by atoms with Gasteiger partial charge in [-0.1, -0.05) is 6.07 Å². The summed E-state index contributed by atoms with van der Waals surface area (Å²) < 4.78 is 7.24. The number of benzene rings is 1. The molecule has 0 bridgehead atoms. The van der Waals surface area contributed by atoms with E-state index in [0.717, 1.165) is 22.8 Å². The van der Waals surface area contributed by atoms with Crippen molar-refractivity contribution in [2.24, 2.45) is 0 Å². The van der Waals surface area contributed by atoms with Crippen LogP contribution in [-0.2, 0) is 5.75 Å². The SMILES string of the molecule is COc1ccc(SCc2cn3cccc(C)c3n2)cc1. The van der Waals surface area contributed by atoms with Gasteiger partial charge in [0.1, 0.15) is 11.4 Å². The fourth-order valence-corrected chi connectivity index (χ4v) is 2.89. The number of aromatic nitrogens is 2. The van der Waals surface area contributed by atoms with Crippen molar-refractivity contribution in [2.75, 3.05) is 7.11 Å². The van der Waals surface area contributed by atoms with E-state index in [4.69, 9.17) is 4.74 Å². The average Bonchev–Trinajstić information content (AvgIpc) is 2.90. The summed E-state index contributed by atoms with van der Waals surface area (Å²) >= 11 is 1.78. The van der Waals surface area contributed by atoms with Crippen LogP contribution in [0.25, 0.3) is 5.65 Å². The number of methoxy groups -OCH3 is 1. The van der Waals surface area contributed by atoms with Crippen LogP contribution in [0.3, 0.4) is 0 Å². The third-order valence-corrected chi connectivity index (χ3v) is 4.22. The zero-order chi connectivity index (χ0) is 13.9. The summed E-state index contributed by atoms with van der Waals surface area (Å²) in [6.07, 6.45) is 4.13. The van der Waals surface area contributed by atoms with Gasteiger partial charge in [-0.2, -0.15) is 0 Å². The van der Waals surface area contributed by atoms with E-state index in [1.165, 1.54) is 10.5 Å². The van der Waals surface area contributed by atoms with E-state index in [9.17, 15) is 0 Å². The summed E-state index contributed by atoms with van der Waals surface area (Å²) in [5.74, 6) is 1.76. The summed E-state index contributed by atoms with van der Waals surface area (Å²) in [4.78, 5) is 5.90. The highest BCUT2D eigenvalue weighted by Crippen LogP contribution is 2.25. The number of imidazole rings is 1. The number of aryl methyl sites for hydroxylation is 1. The van der Waals surface area contributed by atoms with E-state index in [1.54, 1.807) is 18.9 Å². The topological polar surface area (TPSA) is 26.5 Å². The molecular formula is C16H16N2OS. The van der Waals surface area contributed by atoms with Gasteiger partial charge in [-0.15, -0.1) is 11.8 Å². The molecule has 0 aliphatic heterocycles. The second-order valence-corrected chi connectivity index (χ2v) is 5.67. The average molecular weight is 284 g/mol. The molecule has 3 aromatic rings. The van der Waals surface area contributed by atoms with Crippen molar-refractivity contribution >= 4 is 17.4 Å². The molecule has 0 radical (unpaired) electrons. The predicted molar refractivity (Wildman–Crippen MR) is 82.5 cm³/mol. The fourth-order valence-electron chi connectivity index (χ4n) is 2.10. The molecule has 1 aromatic carbocycles. The Morgan fingerprint density at radius 1 is 1.20 bits per heavy atom. The van der Waals surface area contributed by atoms with Gasteiger partial charge in [-0.25, -0.2) is 4.98 Å². The minimum absolute atomic E-state index is 0.869. The van der Waals surface area contributed by atoms with E-state index in [-0.39, 0.29) is 0 Å². The zero-order valence-electron chi connectivity index (χ0n) is 11.5. The lowest BCUT2D eigenvalue weighted by Crippen LogP contribution is -1.84. The summed E-state index contributed by atoms with van der Waals surface area (Å²) in [6.45, 7) is 2.09. The molecule has 3 nitrogen and oxygen atoms in total. The number of rotatable bonds is 4. The van der Waals surface area contributed by atoms with Crippen molar-refractivity contribution in [3.05, 3.63) is 60.0 Å². The van der Waals surface area contributed by atoms with Gasteiger partial charge < -0.3 is 9.14 Å². The van der Waals surface area contributed by atoms with E-state index >= 15 is 0 Å². The third-order valence-electron chi connectivity index (χ3n) is 3.17. The van der Waals surface area contributed by atoms with E-state index in [0.29, 0.717) is 0 Å². The normalized spacial score (nSPS) is 10.9. The molecule has 0 spiro atoms. The smallest absolute Gasteiger partial charge is 0.139 e. The van der Waals surface area contributed by atoms with Crippen LogP contribution in [0, 0.1) is 6.92 Å². The number of thioether (sulfide) groups is 1. The standard InChI is InChI=1S/C16H16N2OS/c1-12-4-3-9-18-10-13(17-16(12)18)11-20-15-7-5-14(19-2)6-8-15/h3-10H,11H2,1-2H3. The first kappa shape index (κ1) is 13.1. The lowest BCUT2D eigenvalue weighted by molar-refractivity contribution is 0.414. The fraction of sp³-hybridized carbons (Fsp3) is 0.188. The Morgan fingerprint density at radius 3 is 2.70 bits per heavy atom. The molecule has 0 aliphatic rings. The van der Waals surface area contributed by atoms with Crippen LogP contribution in [0.2, 0.25) is 0 Å². The quantitative estimate of drug-likeness (QED) is 0.679. The zero-order valence-corrected chi connectivity index (χ0v) is 12.4. The van der Waals surface area contributed by atoms with Crippen molar-refractivity contribution in [3.8, 4) is 5.75 Å². The minimum atomic E-state index is 0.869. The van der Waals surface area contributed by atoms with Crippen LogP contribution in [0.15, 0.2) is 53.7 Å². The van der Waals surface area contributed by atoms with Gasteiger partial charge in [0.25, 0.3) is 0 Å². The molecule has 0 amide bonds. The highest BCUT2D eigenvalue weighted by atomic mass is 32.2. The number of fused-ring (bicyclic) bond motifs is 1. The monoisotopic (exact) mass is 284 g/mol. The van der Waals surface area contributed by atoms with Crippen LogP contribution < -0.4 is 4.74 Å². The second-order valence-electron chi connectivity index (χ2n) is 4.62. The summed E-state index contributed by atoms with van der Waals surface area (Å²) in [7, 11) is 1.68. The van der Waals surface area contributed by atoms with Gasteiger partial charge in [-0.3, -0.25) is 0 Å². The molecule has 2 aromatic heterocycles. The molecule has 0 fully saturated rings. The Labute approximate surface area is 122 Å². The van der Waals surface area contributed by atoms with Crippen molar-refractivity contribution in [3.63, 3.8) is 0 Å². The molecular weight excluding hydrogens is 268 g/mol. The maximum absolute atomic E-state index is 5.16. The number of ether oxygens (including phenoxy) is 1. The molecule has 4 heteroatoms. The van der Waals surface area contributed by atoms with Gasteiger partial charge in [0.2, 0.25) is 0 Å². The van der Waals surface area contributed by atoms with Crippen molar-refractivity contribution in [1.29, 1.82) is 0 Å². The number of nitrogens with zero attached hydrogens (tertiary/aromatic N) is 2. The summed E-state index contributed by atoms with van der Waals surface area (Å²) in [6, 6.07) is 12.2. The highest BCUT2D eigenvalue weighted by Gasteiger charge is 2.04. The van der Waals surface area contributed by atoms with Gasteiger partial charge in [0.05, 0.1) is 12.8 Å². The maximum Gasteiger partial charge on any atom is 0.139 e. The van der Waals surface area contributed by atoms with Gasteiger partial charge in [-0.05, 0) is 42.8 Å². The molecule has 0 atom stereocenters. The van der Waals surface area contributed by atoms with Crippen LogP contribution in [0.5, 0.6) is 5.75 Å². The number of hydrogen-bond acceptors (Lipinski definition) is 3. The van der Waals surface area contributed by atoms with Crippen LogP contribution in [-0.4, -0.2) is 16.5 Å². The Balaban J connectivity index is 1.74. The molecule has 20 heavy (non-hydrogen) atoms. The predicted octanol–water partition coefficient (Wildman–Crippen LogP) is 3.94. The van der Waals surface area contributed by atoms with E-state index < -0.39 is 0 Å². The third kappa shape index (κ3) is 2.65. The highest BCUT2D eigenvalue weighted by molar-refractivity contribution is 7.98.